The van der Waals surface area contributed by atoms with E-state index in [-0.39, 0.29) is 23.8 Å². The van der Waals surface area contributed by atoms with Gasteiger partial charge in [-0.05, 0) is 37.1 Å². The summed E-state index contributed by atoms with van der Waals surface area (Å²) >= 11 is 5.95. The largest absolute Gasteiger partial charge is 0.354 e. The zero-order valence-electron chi connectivity index (χ0n) is 19.8. The molecule has 0 heterocycles. The van der Waals surface area contributed by atoms with Crippen LogP contribution in [0.4, 0.5) is 11.4 Å². The summed E-state index contributed by atoms with van der Waals surface area (Å²) in [7, 11) is -3.99. The normalized spacial score (nSPS) is 12.0. The van der Waals surface area contributed by atoms with Crippen LogP contribution >= 0.6 is 11.6 Å². The minimum Gasteiger partial charge on any atom is -0.354 e. The smallest absolute Gasteiger partial charge is 0.271 e. The highest BCUT2D eigenvalue weighted by molar-refractivity contribution is 7.92. The van der Waals surface area contributed by atoms with Gasteiger partial charge in [0.15, 0.2) is 0 Å². The van der Waals surface area contributed by atoms with Gasteiger partial charge in [-0.3, -0.25) is 24.0 Å². The summed E-state index contributed by atoms with van der Waals surface area (Å²) < 4.78 is 25.9. The number of unbranched alkanes of at least 4 members (excludes halogenated alkanes) is 1. The number of nitrogens with zero attached hydrogens (tertiary/aromatic N) is 3. The monoisotopic (exact) mass is 524 g/mol. The van der Waals surface area contributed by atoms with E-state index >= 15 is 0 Å². The van der Waals surface area contributed by atoms with Crippen LogP contribution in [0.3, 0.4) is 0 Å². The second kappa shape index (κ2) is 12.5. The first-order valence-corrected chi connectivity index (χ1v) is 13.2. The molecule has 35 heavy (non-hydrogen) atoms. The summed E-state index contributed by atoms with van der Waals surface area (Å²) in [6.07, 6.45) is 2.57. The number of rotatable bonds is 12. The lowest BCUT2D eigenvalue weighted by Gasteiger charge is -2.31. The first-order valence-electron chi connectivity index (χ1n) is 11.0. The van der Waals surface area contributed by atoms with Gasteiger partial charge >= 0.3 is 0 Å². The maximum absolute atomic E-state index is 13.4. The van der Waals surface area contributed by atoms with E-state index in [1.54, 1.807) is 31.2 Å². The Morgan fingerprint density at radius 2 is 1.83 bits per heavy atom. The maximum atomic E-state index is 13.4. The number of nitro benzene ring substituents is 1. The molecule has 2 aromatic carbocycles. The van der Waals surface area contributed by atoms with Gasteiger partial charge in [0.05, 0.1) is 16.9 Å². The van der Waals surface area contributed by atoms with E-state index < -0.39 is 33.4 Å². The molecule has 1 atom stereocenters. The molecule has 0 saturated carbocycles. The molecule has 0 aliphatic carbocycles. The van der Waals surface area contributed by atoms with E-state index in [1.165, 1.54) is 23.1 Å². The lowest BCUT2D eigenvalue weighted by atomic mass is 10.1. The lowest BCUT2D eigenvalue weighted by molar-refractivity contribution is -0.384. The van der Waals surface area contributed by atoms with Crippen molar-refractivity contribution in [3.05, 3.63) is 69.2 Å². The number of nitro groups is 1. The van der Waals surface area contributed by atoms with Gasteiger partial charge in [0.1, 0.15) is 12.6 Å². The SMILES string of the molecule is CCCCNC(=O)[C@@H](C)N(Cc1ccc(Cl)cc1)C(=O)CN(c1cccc([N+](=O)[O-])c1)S(C)(=O)=O. The highest BCUT2D eigenvalue weighted by Crippen LogP contribution is 2.24. The Labute approximate surface area is 210 Å². The van der Waals surface area contributed by atoms with Crippen molar-refractivity contribution in [2.75, 3.05) is 23.7 Å². The molecule has 2 rings (SSSR count). The van der Waals surface area contributed by atoms with Crippen molar-refractivity contribution in [3.8, 4) is 0 Å². The van der Waals surface area contributed by atoms with Crippen LogP contribution in [0.15, 0.2) is 48.5 Å². The molecule has 0 aromatic heterocycles. The Morgan fingerprint density at radius 3 is 2.40 bits per heavy atom. The van der Waals surface area contributed by atoms with Crippen LogP contribution < -0.4 is 9.62 Å². The van der Waals surface area contributed by atoms with Gasteiger partial charge in [0.25, 0.3) is 5.69 Å². The second-order valence-electron chi connectivity index (χ2n) is 8.02. The van der Waals surface area contributed by atoms with Gasteiger partial charge < -0.3 is 10.2 Å². The topological polar surface area (TPSA) is 130 Å². The fourth-order valence-corrected chi connectivity index (χ4v) is 4.25. The maximum Gasteiger partial charge on any atom is 0.271 e. The van der Waals surface area contributed by atoms with Gasteiger partial charge in [-0.2, -0.15) is 0 Å². The van der Waals surface area contributed by atoms with Crippen molar-refractivity contribution in [3.63, 3.8) is 0 Å². The number of anilines is 1. The average molecular weight is 525 g/mol. The molecule has 0 saturated heterocycles. The minimum atomic E-state index is -3.99. The highest BCUT2D eigenvalue weighted by atomic mass is 35.5. The predicted molar refractivity (Wildman–Crippen MR) is 135 cm³/mol. The fraction of sp³-hybridized carbons (Fsp3) is 0.391. The van der Waals surface area contributed by atoms with E-state index in [2.05, 4.69) is 5.32 Å². The Bertz CT molecular complexity index is 1160. The molecule has 0 aliphatic heterocycles. The number of carbonyl (C=O) groups is 2. The molecule has 2 amide bonds. The first-order chi connectivity index (χ1) is 16.4. The van der Waals surface area contributed by atoms with Crippen LogP contribution in [0.25, 0.3) is 0 Å². The molecule has 0 fully saturated rings. The Kier molecular flexibility index (Phi) is 10.0. The van der Waals surface area contributed by atoms with Crippen LogP contribution in [-0.4, -0.2) is 55.4 Å². The van der Waals surface area contributed by atoms with Crippen LogP contribution in [0.1, 0.15) is 32.3 Å². The molecular weight excluding hydrogens is 496 g/mol. The molecule has 1 N–H and O–H groups in total. The summed E-state index contributed by atoms with van der Waals surface area (Å²) in [4.78, 5) is 38.0. The lowest BCUT2D eigenvalue weighted by Crippen LogP contribution is -2.51. The van der Waals surface area contributed by atoms with Crippen molar-refractivity contribution < 1.29 is 22.9 Å². The van der Waals surface area contributed by atoms with Gasteiger partial charge in [-0.15, -0.1) is 0 Å². The molecule has 0 spiro atoms. The molecule has 10 nitrogen and oxygen atoms in total. The third-order valence-electron chi connectivity index (χ3n) is 5.27. The summed E-state index contributed by atoms with van der Waals surface area (Å²) in [6, 6.07) is 10.8. The zero-order valence-corrected chi connectivity index (χ0v) is 21.4. The standard InChI is InChI=1S/C23H29ClN4O6S/c1-4-5-13-25-23(30)17(2)26(15-18-9-11-19(24)12-10-18)22(29)16-27(35(3,33)34)20-7-6-8-21(14-20)28(31)32/h6-12,14,17H,4-5,13,15-16H2,1-3H3,(H,25,30)/t17-/m1/s1. The van der Waals surface area contributed by atoms with E-state index in [9.17, 15) is 28.1 Å². The fourth-order valence-electron chi connectivity index (χ4n) is 3.28. The van der Waals surface area contributed by atoms with E-state index in [0.717, 1.165) is 29.5 Å². The number of sulfonamides is 1. The third-order valence-corrected chi connectivity index (χ3v) is 6.66. The molecule has 0 aliphatic rings. The number of benzene rings is 2. The number of non-ortho nitro benzene ring substituents is 1. The van der Waals surface area contributed by atoms with E-state index in [1.807, 2.05) is 6.92 Å². The number of nitrogens with one attached hydrogen (secondary N) is 1. The summed E-state index contributed by atoms with van der Waals surface area (Å²) in [5.74, 6) is -1.02. The molecule has 2 aromatic rings. The highest BCUT2D eigenvalue weighted by Gasteiger charge is 2.30. The van der Waals surface area contributed by atoms with Gasteiger partial charge in [-0.25, -0.2) is 8.42 Å². The second-order valence-corrected chi connectivity index (χ2v) is 10.4. The number of halogens is 1. The number of hydrogen-bond donors (Lipinski definition) is 1. The predicted octanol–water partition coefficient (Wildman–Crippen LogP) is 3.35. The van der Waals surface area contributed by atoms with Crippen molar-refractivity contribution in [2.24, 2.45) is 0 Å². The van der Waals surface area contributed by atoms with E-state index in [4.69, 9.17) is 11.6 Å². The van der Waals surface area contributed by atoms with Crippen LogP contribution in [-0.2, 0) is 26.2 Å². The Morgan fingerprint density at radius 1 is 1.17 bits per heavy atom. The molecule has 0 radical (unpaired) electrons. The van der Waals surface area contributed by atoms with Crippen LogP contribution in [0, 0.1) is 10.1 Å². The molecule has 0 bridgehead atoms. The quantitative estimate of drug-likeness (QED) is 0.257. The molecule has 190 valence electrons. The minimum absolute atomic E-state index is 0.0263. The van der Waals surface area contributed by atoms with Crippen molar-refractivity contribution in [1.82, 2.24) is 10.2 Å². The summed E-state index contributed by atoms with van der Waals surface area (Å²) in [6.45, 7) is 3.39. The number of amides is 2. The summed E-state index contributed by atoms with van der Waals surface area (Å²) in [5, 5.41) is 14.5. The molecular formula is C23H29ClN4O6S. The van der Waals surface area contributed by atoms with E-state index in [0.29, 0.717) is 17.1 Å². The Balaban J connectivity index is 2.38. The Hall–Kier alpha value is -3.18. The molecule has 12 heteroatoms. The van der Waals surface area contributed by atoms with Crippen LogP contribution in [0.2, 0.25) is 5.02 Å². The first kappa shape index (κ1) is 28.1. The number of hydrogen-bond acceptors (Lipinski definition) is 6. The summed E-state index contributed by atoms with van der Waals surface area (Å²) in [5.41, 5.74) is 0.351. The van der Waals surface area contributed by atoms with Crippen molar-refractivity contribution >= 4 is 44.8 Å². The van der Waals surface area contributed by atoms with Gasteiger partial charge in [0, 0.05) is 30.2 Å². The molecule has 0 unspecified atom stereocenters. The van der Waals surface area contributed by atoms with Gasteiger partial charge in [0.2, 0.25) is 21.8 Å². The van der Waals surface area contributed by atoms with Crippen LogP contribution in [0.5, 0.6) is 0 Å². The van der Waals surface area contributed by atoms with Crippen molar-refractivity contribution in [1.29, 1.82) is 0 Å². The average Bonchev–Trinajstić information content (AvgIpc) is 2.81. The number of carbonyl (C=O) groups excluding carboxylic acids is 2. The third kappa shape index (κ3) is 8.22. The van der Waals surface area contributed by atoms with Crippen molar-refractivity contribution in [2.45, 2.75) is 39.3 Å². The zero-order chi connectivity index (χ0) is 26.2. The van der Waals surface area contributed by atoms with Gasteiger partial charge in [-0.1, -0.05) is 43.1 Å².